The topological polar surface area (TPSA) is 110 Å². The van der Waals surface area contributed by atoms with Crippen molar-refractivity contribution in [1.82, 2.24) is 4.90 Å². The second kappa shape index (κ2) is 12.3. The number of carboxylic acids is 1. The number of benzene rings is 1. The van der Waals surface area contributed by atoms with E-state index in [-0.39, 0.29) is 31.8 Å². The molecule has 8 heteroatoms. The van der Waals surface area contributed by atoms with Gasteiger partial charge in [-0.05, 0) is 51.7 Å². The van der Waals surface area contributed by atoms with Crippen molar-refractivity contribution in [3.8, 4) is 0 Å². The van der Waals surface area contributed by atoms with E-state index < -0.39 is 35.5 Å². The van der Waals surface area contributed by atoms with Crippen LogP contribution in [0.4, 0.5) is 0 Å². The highest BCUT2D eigenvalue weighted by Gasteiger charge is 2.53. The maximum atomic E-state index is 13.4. The minimum absolute atomic E-state index is 0.0525. The maximum Gasteiger partial charge on any atom is 0.330 e. The standard InChI is InChI=1S/C26H33NO7/c1-5-33-24(31)22(15-14-20-11-8-7-9-12-20)27(18(3)23(29)30)26(25(32)34-6-2)16-10-13-21(17-26)19(4)28/h7-13,16,18,22H,5-6,14-15,17H2,1-4H3,(H,29,30)/t18?,22?,26-/m1/s1. The summed E-state index contributed by atoms with van der Waals surface area (Å²) in [5.41, 5.74) is -0.380. The van der Waals surface area contributed by atoms with Crippen molar-refractivity contribution in [2.45, 2.75) is 64.6 Å². The lowest BCUT2D eigenvalue weighted by molar-refractivity contribution is -0.169. The number of allylic oxidation sites excluding steroid dienone is 2. The van der Waals surface area contributed by atoms with Crippen LogP contribution in [0.2, 0.25) is 0 Å². The lowest BCUT2D eigenvalue weighted by Gasteiger charge is -2.46. The monoisotopic (exact) mass is 471 g/mol. The number of carboxylic acid groups (broad SMARTS) is 1. The summed E-state index contributed by atoms with van der Waals surface area (Å²) in [7, 11) is 0. The summed E-state index contributed by atoms with van der Waals surface area (Å²) in [6.07, 6.45) is 5.19. The molecule has 2 rings (SSSR count). The van der Waals surface area contributed by atoms with Gasteiger partial charge in [0, 0.05) is 6.42 Å². The molecule has 3 atom stereocenters. The average Bonchev–Trinajstić information content (AvgIpc) is 2.82. The number of rotatable bonds is 12. The molecule has 1 aromatic carbocycles. The number of hydrogen-bond acceptors (Lipinski definition) is 7. The first-order valence-corrected chi connectivity index (χ1v) is 11.5. The second-order valence-electron chi connectivity index (χ2n) is 8.14. The van der Waals surface area contributed by atoms with E-state index in [9.17, 15) is 24.3 Å². The van der Waals surface area contributed by atoms with Crippen molar-refractivity contribution >= 4 is 23.7 Å². The van der Waals surface area contributed by atoms with Crippen LogP contribution >= 0.6 is 0 Å². The SMILES string of the molecule is CCOC(=O)C(CCc1ccccc1)N(C(C)C(=O)O)[C@]1(C(=O)OCC)C=CC=C(C(C)=O)C1. The van der Waals surface area contributed by atoms with Crippen molar-refractivity contribution in [2.24, 2.45) is 0 Å². The van der Waals surface area contributed by atoms with E-state index in [1.165, 1.54) is 30.9 Å². The molecule has 34 heavy (non-hydrogen) atoms. The summed E-state index contributed by atoms with van der Waals surface area (Å²) in [5.74, 6) is -2.83. The minimum Gasteiger partial charge on any atom is -0.480 e. The van der Waals surface area contributed by atoms with Gasteiger partial charge in [-0.1, -0.05) is 48.6 Å². The van der Waals surface area contributed by atoms with Crippen LogP contribution in [0.5, 0.6) is 0 Å². The van der Waals surface area contributed by atoms with E-state index in [4.69, 9.17) is 9.47 Å². The molecular formula is C26H33NO7. The zero-order chi connectivity index (χ0) is 25.3. The molecule has 184 valence electrons. The van der Waals surface area contributed by atoms with Crippen molar-refractivity contribution in [3.05, 3.63) is 59.7 Å². The Morgan fingerprint density at radius 2 is 1.74 bits per heavy atom. The molecule has 1 aliphatic rings. The molecule has 0 aromatic heterocycles. The third-order valence-electron chi connectivity index (χ3n) is 5.89. The zero-order valence-electron chi connectivity index (χ0n) is 20.2. The van der Waals surface area contributed by atoms with Gasteiger partial charge >= 0.3 is 17.9 Å². The number of carbonyl (C=O) groups excluding carboxylic acids is 3. The van der Waals surface area contributed by atoms with E-state index in [1.54, 1.807) is 19.9 Å². The van der Waals surface area contributed by atoms with Crippen LogP contribution < -0.4 is 0 Å². The number of Topliss-reactive ketones (excluding diaryl/α,β-unsaturated/α-hetero) is 1. The highest BCUT2D eigenvalue weighted by Crippen LogP contribution is 2.36. The van der Waals surface area contributed by atoms with Gasteiger partial charge in [-0.15, -0.1) is 0 Å². The number of esters is 2. The summed E-state index contributed by atoms with van der Waals surface area (Å²) in [4.78, 5) is 52.4. The lowest BCUT2D eigenvalue weighted by Crippen LogP contribution is -2.65. The van der Waals surface area contributed by atoms with Gasteiger partial charge in [-0.3, -0.25) is 19.3 Å². The van der Waals surface area contributed by atoms with E-state index in [0.717, 1.165) is 5.56 Å². The molecule has 0 fully saturated rings. The van der Waals surface area contributed by atoms with Crippen molar-refractivity contribution in [1.29, 1.82) is 0 Å². The Bertz CT molecular complexity index is 953. The number of hydrogen-bond donors (Lipinski definition) is 1. The highest BCUT2D eigenvalue weighted by atomic mass is 16.5. The third-order valence-corrected chi connectivity index (χ3v) is 5.89. The maximum absolute atomic E-state index is 13.4. The van der Waals surface area contributed by atoms with Crippen LogP contribution in [0, 0.1) is 0 Å². The first kappa shape index (κ1) is 27.0. The van der Waals surface area contributed by atoms with E-state index in [2.05, 4.69) is 0 Å². The van der Waals surface area contributed by atoms with Gasteiger partial charge in [0.25, 0.3) is 0 Å². The molecule has 0 saturated carbocycles. The first-order chi connectivity index (χ1) is 16.2. The lowest BCUT2D eigenvalue weighted by atomic mass is 9.80. The predicted molar refractivity (Wildman–Crippen MR) is 126 cm³/mol. The fourth-order valence-corrected chi connectivity index (χ4v) is 4.22. The number of aliphatic carboxylic acids is 1. The summed E-state index contributed by atoms with van der Waals surface area (Å²) < 4.78 is 10.7. The fourth-order valence-electron chi connectivity index (χ4n) is 4.22. The average molecular weight is 472 g/mol. The molecule has 0 bridgehead atoms. The Labute approximate surface area is 200 Å². The van der Waals surface area contributed by atoms with Gasteiger partial charge in [0.2, 0.25) is 0 Å². The zero-order valence-corrected chi connectivity index (χ0v) is 20.2. The predicted octanol–water partition coefficient (Wildman–Crippen LogP) is 3.10. The Kier molecular flexibility index (Phi) is 9.74. The van der Waals surface area contributed by atoms with Crippen molar-refractivity contribution < 1.29 is 33.8 Å². The van der Waals surface area contributed by atoms with Crippen LogP contribution in [0.1, 0.15) is 46.1 Å². The molecule has 0 radical (unpaired) electrons. The Morgan fingerprint density at radius 3 is 2.29 bits per heavy atom. The molecule has 0 heterocycles. The van der Waals surface area contributed by atoms with Crippen molar-refractivity contribution in [2.75, 3.05) is 13.2 Å². The minimum atomic E-state index is -1.67. The van der Waals surface area contributed by atoms with Crippen molar-refractivity contribution in [3.63, 3.8) is 0 Å². The van der Waals surface area contributed by atoms with Crippen LogP contribution in [0.3, 0.4) is 0 Å². The normalized spacial score (nSPS) is 19.1. The van der Waals surface area contributed by atoms with Crippen LogP contribution in [-0.2, 0) is 35.1 Å². The molecule has 0 aliphatic heterocycles. The quantitative estimate of drug-likeness (QED) is 0.463. The molecule has 1 N–H and O–H groups in total. The largest absolute Gasteiger partial charge is 0.480 e. The summed E-state index contributed by atoms with van der Waals surface area (Å²) in [6, 6.07) is 7.11. The van der Waals surface area contributed by atoms with Gasteiger partial charge in [0.05, 0.1) is 13.2 Å². The Balaban J connectivity index is 2.64. The van der Waals surface area contributed by atoms with Crippen LogP contribution in [-0.4, -0.2) is 64.5 Å². The van der Waals surface area contributed by atoms with Gasteiger partial charge in [0.1, 0.15) is 17.6 Å². The summed E-state index contributed by atoms with van der Waals surface area (Å²) in [5, 5.41) is 9.98. The molecule has 0 saturated heterocycles. The number of ether oxygens (including phenoxy) is 2. The molecule has 0 amide bonds. The number of carbonyl (C=O) groups is 4. The molecule has 2 unspecified atom stereocenters. The fraction of sp³-hybridized carbons (Fsp3) is 0.462. The van der Waals surface area contributed by atoms with E-state index in [1.807, 2.05) is 30.3 Å². The van der Waals surface area contributed by atoms with Crippen LogP contribution in [0.25, 0.3) is 0 Å². The molecule has 1 aromatic rings. The van der Waals surface area contributed by atoms with Gasteiger partial charge in [0.15, 0.2) is 5.78 Å². The molecule has 0 spiro atoms. The molecular weight excluding hydrogens is 438 g/mol. The summed E-state index contributed by atoms with van der Waals surface area (Å²) in [6.45, 7) is 6.24. The Hall–Kier alpha value is -3.26. The number of aryl methyl sites for hydroxylation is 1. The highest BCUT2D eigenvalue weighted by molar-refractivity contribution is 5.97. The Morgan fingerprint density at radius 1 is 1.09 bits per heavy atom. The smallest absolute Gasteiger partial charge is 0.330 e. The second-order valence-corrected chi connectivity index (χ2v) is 8.14. The molecule has 1 aliphatic carbocycles. The van der Waals surface area contributed by atoms with Crippen LogP contribution in [0.15, 0.2) is 54.1 Å². The number of nitrogens with zero attached hydrogens (tertiary/aromatic N) is 1. The first-order valence-electron chi connectivity index (χ1n) is 11.5. The van der Waals surface area contributed by atoms with Gasteiger partial charge in [-0.25, -0.2) is 4.79 Å². The van der Waals surface area contributed by atoms with Gasteiger partial charge in [-0.2, -0.15) is 0 Å². The van der Waals surface area contributed by atoms with E-state index in [0.29, 0.717) is 12.0 Å². The van der Waals surface area contributed by atoms with E-state index >= 15 is 0 Å². The summed E-state index contributed by atoms with van der Waals surface area (Å²) >= 11 is 0. The third kappa shape index (κ3) is 6.20. The van der Waals surface area contributed by atoms with Gasteiger partial charge < -0.3 is 14.6 Å². The number of ketones is 1. The molecule has 8 nitrogen and oxygen atoms in total.